The molecule has 0 saturated carbocycles. The van der Waals surface area contributed by atoms with Crippen LogP contribution in [0, 0.1) is 6.92 Å². The van der Waals surface area contributed by atoms with E-state index in [1.807, 2.05) is 36.1 Å². The smallest absolute Gasteiger partial charge is 0.0804 e. The van der Waals surface area contributed by atoms with Crippen LogP contribution in [0.3, 0.4) is 0 Å². The van der Waals surface area contributed by atoms with Gasteiger partial charge in [-0.05, 0) is 24.5 Å². The molecule has 0 saturated heterocycles. The van der Waals surface area contributed by atoms with Crippen LogP contribution in [-0.2, 0) is 0 Å². The highest BCUT2D eigenvalue weighted by molar-refractivity contribution is 5.27. The van der Waals surface area contributed by atoms with E-state index in [1.54, 1.807) is 0 Å². The Morgan fingerprint density at radius 1 is 1.06 bits per heavy atom. The summed E-state index contributed by atoms with van der Waals surface area (Å²) in [5.74, 6) is 0. The van der Waals surface area contributed by atoms with E-state index in [1.165, 1.54) is 0 Å². The lowest BCUT2D eigenvalue weighted by atomic mass is 10.0. The first-order chi connectivity index (χ1) is 8.69. The number of hydrogen-bond donors (Lipinski definition) is 3. The van der Waals surface area contributed by atoms with Crippen molar-refractivity contribution in [2.45, 2.75) is 19.4 Å². The molecule has 1 aromatic rings. The average Bonchev–Trinajstić information content (AvgIpc) is 2.36. The molecule has 0 heterocycles. The van der Waals surface area contributed by atoms with Crippen LogP contribution < -0.4 is 0 Å². The highest BCUT2D eigenvalue weighted by Gasteiger charge is 2.12. The highest BCUT2D eigenvalue weighted by atomic mass is 16.3. The lowest BCUT2D eigenvalue weighted by Crippen LogP contribution is -2.31. The van der Waals surface area contributed by atoms with Gasteiger partial charge < -0.3 is 15.3 Å². The summed E-state index contributed by atoms with van der Waals surface area (Å²) in [7, 11) is 0. The van der Waals surface area contributed by atoms with Crippen molar-refractivity contribution in [1.29, 1.82) is 0 Å². The molecule has 102 valence electrons. The molecule has 0 aliphatic rings. The predicted molar refractivity (Wildman–Crippen MR) is 71.4 cm³/mol. The largest absolute Gasteiger partial charge is 0.395 e. The number of rotatable bonds is 8. The fourth-order valence-corrected chi connectivity index (χ4v) is 2.04. The van der Waals surface area contributed by atoms with E-state index in [0.717, 1.165) is 11.1 Å². The number of aryl methyl sites for hydroxylation is 1. The van der Waals surface area contributed by atoms with E-state index in [2.05, 4.69) is 0 Å². The second-order valence-electron chi connectivity index (χ2n) is 4.45. The first-order valence-corrected chi connectivity index (χ1v) is 6.36. The molecule has 1 unspecified atom stereocenters. The van der Waals surface area contributed by atoms with Crippen LogP contribution in [0.5, 0.6) is 0 Å². The molecule has 18 heavy (non-hydrogen) atoms. The Kier molecular flexibility index (Phi) is 6.90. The van der Waals surface area contributed by atoms with Gasteiger partial charge in [0.25, 0.3) is 0 Å². The van der Waals surface area contributed by atoms with Crippen LogP contribution in [0.25, 0.3) is 0 Å². The maximum Gasteiger partial charge on any atom is 0.0804 e. The minimum atomic E-state index is -0.494. The Labute approximate surface area is 108 Å². The van der Waals surface area contributed by atoms with Crippen molar-refractivity contribution in [1.82, 2.24) is 4.90 Å². The summed E-state index contributed by atoms with van der Waals surface area (Å²) in [6.45, 7) is 3.84. The maximum atomic E-state index is 10.1. The maximum absolute atomic E-state index is 10.1. The summed E-state index contributed by atoms with van der Waals surface area (Å²) >= 11 is 0. The van der Waals surface area contributed by atoms with E-state index in [-0.39, 0.29) is 13.2 Å². The molecule has 3 N–H and O–H groups in total. The zero-order chi connectivity index (χ0) is 13.4. The van der Waals surface area contributed by atoms with Gasteiger partial charge in [-0.2, -0.15) is 0 Å². The number of aliphatic hydroxyl groups is 3. The van der Waals surface area contributed by atoms with Crippen molar-refractivity contribution >= 4 is 0 Å². The van der Waals surface area contributed by atoms with Gasteiger partial charge >= 0.3 is 0 Å². The van der Waals surface area contributed by atoms with Gasteiger partial charge in [0.05, 0.1) is 19.3 Å². The predicted octanol–water partition coefficient (Wildman–Crippen LogP) is 0.705. The molecule has 0 aromatic heterocycles. The lowest BCUT2D eigenvalue weighted by Gasteiger charge is -2.22. The second kappa shape index (κ2) is 8.21. The minimum Gasteiger partial charge on any atom is -0.395 e. The van der Waals surface area contributed by atoms with Gasteiger partial charge in [-0.15, -0.1) is 0 Å². The molecular weight excluding hydrogens is 230 g/mol. The Morgan fingerprint density at radius 2 is 1.67 bits per heavy atom. The van der Waals surface area contributed by atoms with E-state index in [4.69, 9.17) is 10.2 Å². The third-order valence-corrected chi connectivity index (χ3v) is 3.10. The Morgan fingerprint density at radius 3 is 2.22 bits per heavy atom. The quantitative estimate of drug-likeness (QED) is 0.638. The molecule has 0 aliphatic heterocycles. The highest BCUT2D eigenvalue weighted by Crippen LogP contribution is 2.20. The fraction of sp³-hybridized carbons (Fsp3) is 0.571. The summed E-state index contributed by atoms with van der Waals surface area (Å²) in [5.41, 5.74) is 2.03. The minimum absolute atomic E-state index is 0.0699. The second-order valence-corrected chi connectivity index (χ2v) is 4.45. The van der Waals surface area contributed by atoms with Crippen LogP contribution >= 0.6 is 0 Å². The van der Waals surface area contributed by atoms with Gasteiger partial charge in [-0.3, -0.25) is 4.90 Å². The van der Waals surface area contributed by atoms with Crippen LogP contribution in [-0.4, -0.2) is 53.1 Å². The van der Waals surface area contributed by atoms with Gasteiger partial charge in [0.1, 0.15) is 0 Å². The molecule has 0 aliphatic carbocycles. The van der Waals surface area contributed by atoms with Crippen LogP contribution in [0.4, 0.5) is 0 Å². The van der Waals surface area contributed by atoms with Crippen molar-refractivity contribution in [3.63, 3.8) is 0 Å². The number of hydrogen-bond acceptors (Lipinski definition) is 4. The van der Waals surface area contributed by atoms with Gasteiger partial charge in [-0.25, -0.2) is 0 Å². The van der Waals surface area contributed by atoms with Crippen molar-refractivity contribution < 1.29 is 15.3 Å². The van der Waals surface area contributed by atoms with Crippen LogP contribution in [0.15, 0.2) is 24.3 Å². The Balaban J connectivity index is 2.49. The lowest BCUT2D eigenvalue weighted by molar-refractivity contribution is 0.118. The molecule has 0 bridgehead atoms. The molecule has 0 spiro atoms. The molecule has 4 heteroatoms. The van der Waals surface area contributed by atoms with Crippen LogP contribution in [0.2, 0.25) is 0 Å². The first-order valence-electron chi connectivity index (χ1n) is 6.36. The van der Waals surface area contributed by atoms with Gasteiger partial charge in [-0.1, -0.05) is 24.3 Å². The first kappa shape index (κ1) is 15.1. The number of benzene rings is 1. The molecule has 1 rings (SSSR count). The molecule has 1 aromatic carbocycles. The van der Waals surface area contributed by atoms with Gasteiger partial charge in [0.15, 0.2) is 0 Å². The number of nitrogens with zero attached hydrogens (tertiary/aromatic N) is 1. The summed E-state index contributed by atoms with van der Waals surface area (Å²) in [4.78, 5) is 1.95. The summed E-state index contributed by atoms with van der Waals surface area (Å²) in [6, 6.07) is 7.79. The fourth-order valence-electron chi connectivity index (χ4n) is 2.04. The molecule has 0 fully saturated rings. The van der Waals surface area contributed by atoms with Crippen molar-refractivity contribution in [3.8, 4) is 0 Å². The van der Waals surface area contributed by atoms with E-state index in [0.29, 0.717) is 26.1 Å². The molecular formula is C14H23NO3. The topological polar surface area (TPSA) is 63.9 Å². The van der Waals surface area contributed by atoms with Crippen molar-refractivity contribution in [3.05, 3.63) is 35.4 Å². The number of aliphatic hydroxyl groups excluding tert-OH is 3. The summed E-state index contributed by atoms with van der Waals surface area (Å²) in [6.07, 6.45) is 0.108. The monoisotopic (exact) mass is 253 g/mol. The zero-order valence-corrected chi connectivity index (χ0v) is 10.9. The molecule has 0 radical (unpaired) electrons. The van der Waals surface area contributed by atoms with Gasteiger partial charge in [0.2, 0.25) is 0 Å². The summed E-state index contributed by atoms with van der Waals surface area (Å²) in [5, 5.41) is 27.9. The Bertz CT molecular complexity index is 338. The van der Waals surface area contributed by atoms with Gasteiger partial charge in [0, 0.05) is 19.6 Å². The van der Waals surface area contributed by atoms with E-state index >= 15 is 0 Å². The summed E-state index contributed by atoms with van der Waals surface area (Å²) < 4.78 is 0. The normalized spacial score (nSPS) is 12.9. The molecule has 1 atom stereocenters. The third kappa shape index (κ3) is 4.74. The molecule has 4 nitrogen and oxygen atoms in total. The van der Waals surface area contributed by atoms with E-state index < -0.39 is 6.10 Å². The van der Waals surface area contributed by atoms with Crippen LogP contribution in [0.1, 0.15) is 23.7 Å². The zero-order valence-electron chi connectivity index (χ0n) is 10.9. The Hall–Kier alpha value is -0.940. The van der Waals surface area contributed by atoms with Crippen molar-refractivity contribution in [2.24, 2.45) is 0 Å². The van der Waals surface area contributed by atoms with Crippen molar-refractivity contribution in [2.75, 3.05) is 32.8 Å². The molecule has 0 amide bonds. The third-order valence-electron chi connectivity index (χ3n) is 3.10. The average molecular weight is 253 g/mol. The SMILES string of the molecule is Cc1ccccc1C(O)CCN(CCO)CCO. The standard InChI is InChI=1S/C14H23NO3/c1-12-4-2-3-5-13(12)14(18)6-7-15(8-10-16)9-11-17/h2-5,14,16-18H,6-11H2,1H3. The van der Waals surface area contributed by atoms with E-state index in [9.17, 15) is 5.11 Å².